The topological polar surface area (TPSA) is 41.9 Å². The summed E-state index contributed by atoms with van der Waals surface area (Å²) in [5.74, 6) is 1.97. The van der Waals surface area contributed by atoms with Gasteiger partial charge in [0.1, 0.15) is 17.6 Å². The van der Waals surface area contributed by atoms with E-state index >= 15 is 0 Å². The van der Waals surface area contributed by atoms with Gasteiger partial charge in [-0.2, -0.15) is 0 Å². The van der Waals surface area contributed by atoms with E-state index < -0.39 is 0 Å². The lowest BCUT2D eigenvalue weighted by Gasteiger charge is -2.26. The zero-order valence-corrected chi connectivity index (χ0v) is 13.8. The molecule has 1 fully saturated rings. The lowest BCUT2D eigenvalue weighted by Crippen LogP contribution is -2.31. The van der Waals surface area contributed by atoms with Gasteiger partial charge in [-0.05, 0) is 51.8 Å². The fourth-order valence-corrected chi connectivity index (χ4v) is 3.80. The lowest BCUT2D eigenvalue weighted by atomic mass is 10.0. The summed E-state index contributed by atoms with van der Waals surface area (Å²) < 4.78 is 11.5. The van der Waals surface area contributed by atoms with Gasteiger partial charge in [0.25, 0.3) is 0 Å². The number of aliphatic hydroxyl groups is 1. The normalized spacial score (nSPS) is 25.8. The van der Waals surface area contributed by atoms with E-state index in [1.54, 1.807) is 7.11 Å². The van der Waals surface area contributed by atoms with Crippen LogP contribution in [0.4, 0.5) is 0 Å². The molecule has 0 saturated carbocycles. The molecule has 0 amide bonds. The number of rotatable bonds is 5. The van der Waals surface area contributed by atoms with Crippen molar-refractivity contribution in [3.05, 3.63) is 23.3 Å². The first-order chi connectivity index (χ1) is 10.6. The molecule has 3 atom stereocenters. The molecule has 0 aromatic heterocycles. The van der Waals surface area contributed by atoms with Crippen LogP contribution in [0.2, 0.25) is 0 Å². The van der Waals surface area contributed by atoms with Gasteiger partial charge in [0.05, 0.1) is 13.2 Å². The van der Waals surface area contributed by atoms with Crippen molar-refractivity contribution in [1.29, 1.82) is 0 Å². The predicted octanol–water partition coefficient (Wildman–Crippen LogP) is 2.75. The van der Waals surface area contributed by atoms with E-state index in [9.17, 15) is 5.11 Å². The number of likely N-dealkylation sites (tertiary alicyclic amines) is 1. The average Bonchev–Trinajstić information content (AvgIpc) is 3.04. The summed E-state index contributed by atoms with van der Waals surface area (Å²) in [6.45, 7) is 5.97. The van der Waals surface area contributed by atoms with Crippen LogP contribution in [0.25, 0.3) is 0 Å². The summed E-state index contributed by atoms with van der Waals surface area (Å²) in [5.41, 5.74) is 2.48. The molecule has 1 saturated heterocycles. The van der Waals surface area contributed by atoms with Crippen LogP contribution >= 0.6 is 0 Å². The van der Waals surface area contributed by atoms with Crippen molar-refractivity contribution in [1.82, 2.24) is 4.90 Å². The van der Waals surface area contributed by atoms with Gasteiger partial charge in [-0.3, -0.25) is 4.90 Å². The molecule has 122 valence electrons. The molecule has 3 unspecified atom stereocenters. The first-order valence-electron chi connectivity index (χ1n) is 8.35. The van der Waals surface area contributed by atoms with Crippen LogP contribution < -0.4 is 9.47 Å². The van der Waals surface area contributed by atoms with Crippen LogP contribution in [-0.4, -0.2) is 41.9 Å². The molecule has 1 N–H and O–H groups in total. The lowest BCUT2D eigenvalue weighted by molar-refractivity contribution is 0.130. The van der Waals surface area contributed by atoms with Crippen LogP contribution in [0.5, 0.6) is 11.5 Å². The fraction of sp³-hybridized carbons (Fsp3) is 0.667. The van der Waals surface area contributed by atoms with Gasteiger partial charge in [-0.25, -0.2) is 0 Å². The van der Waals surface area contributed by atoms with Crippen molar-refractivity contribution in [3.63, 3.8) is 0 Å². The van der Waals surface area contributed by atoms with E-state index in [2.05, 4.69) is 24.0 Å². The van der Waals surface area contributed by atoms with Crippen molar-refractivity contribution in [2.45, 2.75) is 64.3 Å². The van der Waals surface area contributed by atoms with Gasteiger partial charge in [0.2, 0.25) is 0 Å². The summed E-state index contributed by atoms with van der Waals surface area (Å²) in [4.78, 5) is 2.48. The number of fused-ring (bicyclic) bond motifs is 1. The molecular weight excluding hydrogens is 278 g/mol. The number of methoxy groups -OCH3 is 1. The molecule has 1 aromatic carbocycles. The Hall–Kier alpha value is -1.26. The Morgan fingerprint density at radius 2 is 2.27 bits per heavy atom. The molecule has 2 aliphatic rings. The molecule has 4 heteroatoms. The van der Waals surface area contributed by atoms with Crippen LogP contribution in [0, 0.1) is 0 Å². The van der Waals surface area contributed by atoms with Crippen LogP contribution in [0.1, 0.15) is 44.2 Å². The third-order valence-corrected chi connectivity index (χ3v) is 4.76. The minimum Gasteiger partial charge on any atom is -0.497 e. The molecule has 2 heterocycles. The van der Waals surface area contributed by atoms with Crippen LogP contribution in [-0.2, 0) is 13.0 Å². The Morgan fingerprint density at radius 1 is 1.45 bits per heavy atom. The molecule has 1 aromatic rings. The maximum absolute atomic E-state index is 9.70. The van der Waals surface area contributed by atoms with Gasteiger partial charge in [-0.15, -0.1) is 0 Å². The Morgan fingerprint density at radius 3 is 3.00 bits per heavy atom. The molecule has 0 bridgehead atoms. The second-order valence-electron chi connectivity index (χ2n) is 6.76. The number of nitrogens with zero attached hydrogens (tertiary/aromatic N) is 1. The smallest absolute Gasteiger partial charge is 0.127 e. The average molecular weight is 305 g/mol. The molecule has 22 heavy (non-hydrogen) atoms. The van der Waals surface area contributed by atoms with E-state index in [1.807, 2.05) is 6.92 Å². The number of benzene rings is 1. The van der Waals surface area contributed by atoms with Crippen molar-refractivity contribution >= 4 is 0 Å². The monoisotopic (exact) mass is 305 g/mol. The minimum atomic E-state index is -0.238. The minimum absolute atomic E-state index is 0.238. The van der Waals surface area contributed by atoms with E-state index in [0.717, 1.165) is 37.4 Å². The standard InChI is InChI=1S/C18H27NO3/c1-12(20)7-16-5-4-6-19(16)11-15-10-17(21-3)9-14-8-13(2)22-18(14)15/h9-10,12-13,16,20H,4-8,11H2,1-3H3. The van der Waals surface area contributed by atoms with Crippen molar-refractivity contribution in [3.8, 4) is 11.5 Å². The van der Waals surface area contributed by atoms with Gasteiger partial charge in [0, 0.05) is 30.1 Å². The zero-order valence-electron chi connectivity index (χ0n) is 13.8. The summed E-state index contributed by atoms with van der Waals surface area (Å²) in [5, 5.41) is 9.70. The number of ether oxygens (including phenoxy) is 2. The van der Waals surface area contributed by atoms with Crippen molar-refractivity contribution in [2.24, 2.45) is 0 Å². The van der Waals surface area contributed by atoms with Gasteiger partial charge >= 0.3 is 0 Å². The molecular formula is C18H27NO3. The first kappa shape index (κ1) is 15.6. The molecule has 0 spiro atoms. The quantitative estimate of drug-likeness (QED) is 0.908. The largest absolute Gasteiger partial charge is 0.497 e. The van der Waals surface area contributed by atoms with Crippen LogP contribution in [0.3, 0.4) is 0 Å². The summed E-state index contributed by atoms with van der Waals surface area (Å²) in [7, 11) is 1.72. The predicted molar refractivity (Wildman–Crippen MR) is 86.5 cm³/mol. The zero-order chi connectivity index (χ0) is 15.7. The number of hydrogen-bond acceptors (Lipinski definition) is 4. The maximum Gasteiger partial charge on any atom is 0.127 e. The molecule has 4 nitrogen and oxygen atoms in total. The number of aliphatic hydroxyl groups excluding tert-OH is 1. The van der Waals surface area contributed by atoms with Gasteiger partial charge in [-0.1, -0.05) is 0 Å². The van der Waals surface area contributed by atoms with Crippen molar-refractivity contribution in [2.75, 3.05) is 13.7 Å². The number of hydrogen-bond donors (Lipinski definition) is 1. The highest BCUT2D eigenvalue weighted by molar-refractivity contribution is 5.49. The summed E-state index contributed by atoms with van der Waals surface area (Å²) in [6.07, 6.45) is 4.19. The van der Waals surface area contributed by atoms with Crippen LogP contribution in [0.15, 0.2) is 12.1 Å². The maximum atomic E-state index is 9.70. The highest BCUT2D eigenvalue weighted by Gasteiger charge is 2.29. The Labute approximate surface area is 133 Å². The SMILES string of the molecule is COc1cc2c(c(CN3CCCC3CC(C)O)c1)OC(C)C2. The Bertz CT molecular complexity index is 529. The Balaban J connectivity index is 1.81. The Kier molecular flexibility index (Phi) is 4.59. The molecule has 0 radical (unpaired) electrons. The highest BCUT2D eigenvalue weighted by atomic mass is 16.5. The second-order valence-corrected chi connectivity index (χ2v) is 6.76. The van der Waals surface area contributed by atoms with E-state index in [-0.39, 0.29) is 12.2 Å². The van der Waals surface area contributed by atoms with E-state index in [4.69, 9.17) is 9.47 Å². The molecule has 3 rings (SSSR count). The van der Waals surface area contributed by atoms with Gasteiger partial charge < -0.3 is 14.6 Å². The highest BCUT2D eigenvalue weighted by Crippen LogP contribution is 2.38. The summed E-state index contributed by atoms with van der Waals surface area (Å²) in [6, 6.07) is 4.68. The van der Waals surface area contributed by atoms with Crippen molar-refractivity contribution < 1.29 is 14.6 Å². The van der Waals surface area contributed by atoms with E-state index in [0.29, 0.717) is 6.04 Å². The fourth-order valence-electron chi connectivity index (χ4n) is 3.80. The summed E-state index contributed by atoms with van der Waals surface area (Å²) >= 11 is 0. The third kappa shape index (κ3) is 3.23. The first-order valence-corrected chi connectivity index (χ1v) is 8.35. The molecule has 2 aliphatic heterocycles. The second kappa shape index (κ2) is 6.47. The molecule has 0 aliphatic carbocycles. The third-order valence-electron chi connectivity index (χ3n) is 4.76. The van der Waals surface area contributed by atoms with E-state index in [1.165, 1.54) is 24.0 Å². The van der Waals surface area contributed by atoms with Gasteiger partial charge in [0.15, 0.2) is 0 Å².